The first kappa shape index (κ1) is 15.6. The van der Waals surface area contributed by atoms with E-state index in [9.17, 15) is 9.90 Å². The number of phenols is 1. The Labute approximate surface area is 140 Å². The number of benzene rings is 2. The molecule has 0 bridgehead atoms. The summed E-state index contributed by atoms with van der Waals surface area (Å²) >= 11 is 6.04. The van der Waals surface area contributed by atoms with Crippen LogP contribution in [0.15, 0.2) is 47.6 Å². The van der Waals surface area contributed by atoms with E-state index in [-0.39, 0.29) is 17.7 Å². The first-order valence-electron chi connectivity index (χ1n) is 7.38. The normalized spacial score (nSPS) is 17.3. The predicted octanol–water partition coefficient (Wildman–Crippen LogP) is 4.05. The zero-order valence-electron chi connectivity index (χ0n) is 13.0. The number of hydrogen-bond donors (Lipinski definition) is 1. The van der Waals surface area contributed by atoms with Crippen LogP contribution in [0.5, 0.6) is 5.75 Å². The maximum Gasteiger partial charge on any atom is 0.240 e. The third-order valence-corrected chi connectivity index (χ3v) is 4.20. The van der Waals surface area contributed by atoms with E-state index in [1.807, 2.05) is 31.2 Å². The fourth-order valence-corrected chi connectivity index (χ4v) is 2.94. The van der Waals surface area contributed by atoms with Gasteiger partial charge in [-0.15, -0.1) is 0 Å². The van der Waals surface area contributed by atoms with Crippen molar-refractivity contribution in [2.75, 3.05) is 0 Å². The van der Waals surface area contributed by atoms with Crippen molar-refractivity contribution in [3.05, 3.63) is 64.2 Å². The van der Waals surface area contributed by atoms with Crippen molar-refractivity contribution in [2.45, 2.75) is 26.3 Å². The van der Waals surface area contributed by atoms with E-state index in [1.54, 1.807) is 18.2 Å². The maximum absolute atomic E-state index is 12.0. The molecule has 23 heavy (non-hydrogen) atoms. The predicted molar refractivity (Wildman–Crippen MR) is 90.7 cm³/mol. The SMILES string of the molecule is CC(=O)N1N=C(c2ccc(C)cc2)CC1c1cc(Cl)ccc1O. The summed E-state index contributed by atoms with van der Waals surface area (Å²) in [4.78, 5) is 12.0. The molecule has 0 radical (unpaired) electrons. The van der Waals surface area contributed by atoms with Crippen molar-refractivity contribution in [3.63, 3.8) is 0 Å². The second kappa shape index (κ2) is 6.05. The van der Waals surface area contributed by atoms with E-state index in [2.05, 4.69) is 5.10 Å². The van der Waals surface area contributed by atoms with Gasteiger partial charge in [0.15, 0.2) is 0 Å². The van der Waals surface area contributed by atoms with Crippen LogP contribution in [0.3, 0.4) is 0 Å². The van der Waals surface area contributed by atoms with Crippen LogP contribution < -0.4 is 0 Å². The molecule has 0 aromatic heterocycles. The third kappa shape index (κ3) is 3.08. The molecule has 0 spiro atoms. The molecule has 1 amide bonds. The van der Waals surface area contributed by atoms with Crippen LogP contribution in [0.1, 0.15) is 36.1 Å². The van der Waals surface area contributed by atoms with Gasteiger partial charge in [-0.25, -0.2) is 5.01 Å². The van der Waals surface area contributed by atoms with Crippen molar-refractivity contribution in [3.8, 4) is 5.75 Å². The van der Waals surface area contributed by atoms with Crippen LogP contribution in [0.25, 0.3) is 0 Å². The number of halogens is 1. The minimum absolute atomic E-state index is 0.117. The summed E-state index contributed by atoms with van der Waals surface area (Å²) in [6, 6.07) is 12.5. The molecule has 4 nitrogen and oxygen atoms in total. The number of nitrogens with zero attached hydrogens (tertiary/aromatic N) is 2. The molecule has 1 atom stereocenters. The number of aromatic hydroxyl groups is 1. The summed E-state index contributed by atoms with van der Waals surface area (Å²) in [6.45, 7) is 3.49. The standard InChI is InChI=1S/C18H17ClN2O2/c1-11-3-5-13(6-4-11)16-10-17(21(20-16)12(2)22)15-9-14(19)7-8-18(15)23/h3-9,17,23H,10H2,1-2H3. The van der Waals surface area contributed by atoms with Gasteiger partial charge in [0.25, 0.3) is 0 Å². The molecule has 0 saturated carbocycles. The Hall–Kier alpha value is -2.33. The minimum Gasteiger partial charge on any atom is -0.508 e. The molecule has 118 valence electrons. The van der Waals surface area contributed by atoms with Crippen LogP contribution in [0, 0.1) is 6.92 Å². The fraction of sp³-hybridized carbons (Fsp3) is 0.222. The number of phenolic OH excluding ortho intramolecular Hbond substituents is 1. The molecule has 0 saturated heterocycles. The highest BCUT2D eigenvalue weighted by molar-refractivity contribution is 6.30. The van der Waals surface area contributed by atoms with Crippen LogP contribution in [0.4, 0.5) is 0 Å². The van der Waals surface area contributed by atoms with Gasteiger partial charge in [0.2, 0.25) is 5.91 Å². The Kier molecular flexibility index (Phi) is 4.09. The topological polar surface area (TPSA) is 52.9 Å². The van der Waals surface area contributed by atoms with Crippen molar-refractivity contribution < 1.29 is 9.90 Å². The maximum atomic E-state index is 12.0. The number of amides is 1. The van der Waals surface area contributed by atoms with Gasteiger partial charge in [-0.05, 0) is 30.7 Å². The van der Waals surface area contributed by atoms with Crippen molar-refractivity contribution >= 4 is 23.2 Å². The zero-order valence-corrected chi connectivity index (χ0v) is 13.7. The molecule has 1 unspecified atom stereocenters. The monoisotopic (exact) mass is 328 g/mol. The zero-order chi connectivity index (χ0) is 16.6. The Morgan fingerprint density at radius 2 is 1.96 bits per heavy atom. The number of hydrazone groups is 1. The summed E-state index contributed by atoms with van der Waals surface area (Å²) in [5, 5.41) is 16.5. The molecule has 1 heterocycles. The van der Waals surface area contributed by atoms with Gasteiger partial charge in [0, 0.05) is 23.9 Å². The molecule has 2 aromatic carbocycles. The number of aryl methyl sites for hydroxylation is 1. The van der Waals surface area contributed by atoms with E-state index >= 15 is 0 Å². The third-order valence-electron chi connectivity index (χ3n) is 3.97. The first-order chi connectivity index (χ1) is 11.0. The molecule has 1 aliphatic rings. The van der Waals surface area contributed by atoms with E-state index in [0.29, 0.717) is 17.0 Å². The lowest BCUT2D eigenvalue weighted by molar-refractivity contribution is -0.130. The fourth-order valence-electron chi connectivity index (χ4n) is 2.76. The van der Waals surface area contributed by atoms with Gasteiger partial charge >= 0.3 is 0 Å². The largest absolute Gasteiger partial charge is 0.508 e. The smallest absolute Gasteiger partial charge is 0.240 e. The molecular formula is C18H17ClN2O2. The Morgan fingerprint density at radius 3 is 2.61 bits per heavy atom. The highest BCUT2D eigenvalue weighted by atomic mass is 35.5. The Bertz CT molecular complexity index is 784. The van der Waals surface area contributed by atoms with Gasteiger partial charge in [0.05, 0.1) is 11.8 Å². The summed E-state index contributed by atoms with van der Waals surface area (Å²) < 4.78 is 0. The second-order valence-corrected chi connectivity index (χ2v) is 6.14. The highest BCUT2D eigenvalue weighted by Crippen LogP contribution is 2.38. The summed E-state index contributed by atoms with van der Waals surface area (Å²) in [7, 11) is 0. The van der Waals surface area contributed by atoms with Crippen LogP contribution in [0.2, 0.25) is 5.02 Å². The lowest BCUT2D eigenvalue weighted by Crippen LogP contribution is -2.24. The molecular weight excluding hydrogens is 312 g/mol. The molecule has 5 heteroatoms. The quantitative estimate of drug-likeness (QED) is 0.904. The lowest BCUT2D eigenvalue weighted by Gasteiger charge is -2.21. The molecule has 0 fully saturated rings. The van der Waals surface area contributed by atoms with Crippen LogP contribution in [-0.2, 0) is 4.79 Å². The number of carbonyl (C=O) groups excluding carboxylic acids is 1. The highest BCUT2D eigenvalue weighted by Gasteiger charge is 2.33. The van der Waals surface area contributed by atoms with Gasteiger partial charge in [0.1, 0.15) is 5.75 Å². The van der Waals surface area contributed by atoms with Crippen molar-refractivity contribution in [1.82, 2.24) is 5.01 Å². The average molecular weight is 329 g/mol. The van der Waals surface area contributed by atoms with Gasteiger partial charge in [-0.1, -0.05) is 41.4 Å². The number of carbonyl (C=O) groups is 1. The summed E-state index contributed by atoms with van der Waals surface area (Å²) in [5.74, 6) is -0.0532. The van der Waals surface area contributed by atoms with Crippen LogP contribution in [-0.4, -0.2) is 21.7 Å². The van der Waals surface area contributed by atoms with Gasteiger partial charge in [-0.2, -0.15) is 5.10 Å². The molecule has 1 aliphatic heterocycles. The summed E-state index contributed by atoms with van der Waals surface area (Å²) in [5.41, 5.74) is 3.58. The minimum atomic E-state index is -0.345. The van der Waals surface area contributed by atoms with E-state index < -0.39 is 0 Å². The van der Waals surface area contributed by atoms with E-state index in [1.165, 1.54) is 17.5 Å². The van der Waals surface area contributed by atoms with Gasteiger partial charge < -0.3 is 5.11 Å². The van der Waals surface area contributed by atoms with E-state index in [4.69, 9.17) is 11.6 Å². The molecule has 3 rings (SSSR count). The van der Waals surface area contributed by atoms with Crippen molar-refractivity contribution in [1.29, 1.82) is 0 Å². The average Bonchev–Trinajstić information content (AvgIpc) is 2.95. The molecule has 1 N–H and O–H groups in total. The lowest BCUT2D eigenvalue weighted by atomic mass is 9.97. The molecule has 0 aliphatic carbocycles. The summed E-state index contributed by atoms with van der Waals surface area (Å²) in [6.07, 6.45) is 0.538. The first-order valence-corrected chi connectivity index (χ1v) is 7.76. The van der Waals surface area contributed by atoms with Gasteiger partial charge in [-0.3, -0.25) is 4.79 Å². The Morgan fingerprint density at radius 1 is 1.26 bits per heavy atom. The second-order valence-electron chi connectivity index (χ2n) is 5.70. The number of rotatable bonds is 2. The Balaban J connectivity index is 1.98. The number of hydrogen-bond acceptors (Lipinski definition) is 3. The van der Waals surface area contributed by atoms with Crippen LogP contribution >= 0.6 is 11.6 Å². The van der Waals surface area contributed by atoms with E-state index in [0.717, 1.165) is 11.3 Å². The molecule has 2 aromatic rings. The van der Waals surface area contributed by atoms with Crippen molar-refractivity contribution in [2.24, 2.45) is 5.10 Å².